The second-order valence-electron chi connectivity index (χ2n) is 6.95. The van der Waals surface area contributed by atoms with Crippen LogP contribution in [0.2, 0.25) is 0 Å². The standard InChI is InChI=1S/C22H21N3O4S/c1-13-7-9-15(10-8-13)21-19(30-14(2)23-21)11-20(26)24-25-22(27)18-12-28-16-5-3-4-6-17(16)29-18/h3-10,18H,11-12H2,1-2H3,(H,24,26)(H,25,27). The minimum Gasteiger partial charge on any atom is -0.485 e. The van der Waals surface area contributed by atoms with E-state index in [1.165, 1.54) is 11.3 Å². The molecule has 7 nitrogen and oxygen atoms in total. The van der Waals surface area contributed by atoms with Crippen LogP contribution < -0.4 is 20.3 Å². The van der Waals surface area contributed by atoms with E-state index < -0.39 is 12.0 Å². The molecule has 2 heterocycles. The number of rotatable bonds is 4. The monoisotopic (exact) mass is 423 g/mol. The summed E-state index contributed by atoms with van der Waals surface area (Å²) in [6.07, 6.45) is -0.728. The minimum absolute atomic E-state index is 0.0737. The molecule has 2 amide bonds. The molecule has 1 aliphatic heterocycles. The fraction of sp³-hybridized carbons (Fsp3) is 0.227. The topological polar surface area (TPSA) is 89.6 Å². The Morgan fingerprint density at radius 2 is 1.80 bits per heavy atom. The summed E-state index contributed by atoms with van der Waals surface area (Å²) in [6.45, 7) is 4.00. The van der Waals surface area contributed by atoms with E-state index in [2.05, 4.69) is 15.8 Å². The van der Waals surface area contributed by atoms with E-state index in [9.17, 15) is 9.59 Å². The van der Waals surface area contributed by atoms with Crippen LogP contribution >= 0.6 is 11.3 Å². The van der Waals surface area contributed by atoms with Gasteiger partial charge in [0.25, 0.3) is 5.91 Å². The molecule has 2 aromatic carbocycles. The summed E-state index contributed by atoms with van der Waals surface area (Å²) < 4.78 is 11.2. The number of thiazole rings is 1. The fourth-order valence-corrected chi connectivity index (χ4v) is 4.03. The number of nitrogens with one attached hydrogen (secondary N) is 2. The largest absolute Gasteiger partial charge is 0.485 e. The van der Waals surface area contributed by atoms with Crippen LogP contribution in [0, 0.1) is 13.8 Å². The van der Waals surface area contributed by atoms with E-state index in [-0.39, 0.29) is 18.9 Å². The SMILES string of the molecule is Cc1ccc(-c2nc(C)sc2CC(=O)NNC(=O)C2COc3ccccc3O2)cc1. The van der Waals surface area contributed by atoms with Crippen molar-refractivity contribution in [3.63, 3.8) is 0 Å². The van der Waals surface area contributed by atoms with E-state index in [4.69, 9.17) is 9.47 Å². The summed E-state index contributed by atoms with van der Waals surface area (Å²) in [5.74, 6) is 0.280. The van der Waals surface area contributed by atoms with Gasteiger partial charge < -0.3 is 9.47 Å². The van der Waals surface area contributed by atoms with Crippen molar-refractivity contribution < 1.29 is 19.1 Å². The second kappa shape index (κ2) is 8.54. The van der Waals surface area contributed by atoms with Crippen molar-refractivity contribution in [1.29, 1.82) is 0 Å². The molecule has 0 saturated carbocycles. The van der Waals surface area contributed by atoms with Crippen molar-refractivity contribution >= 4 is 23.2 Å². The van der Waals surface area contributed by atoms with Crippen LogP contribution in [0.4, 0.5) is 0 Å². The zero-order valence-corrected chi connectivity index (χ0v) is 17.4. The highest BCUT2D eigenvalue weighted by molar-refractivity contribution is 7.12. The van der Waals surface area contributed by atoms with Gasteiger partial charge in [-0.1, -0.05) is 42.0 Å². The number of nitrogens with zero attached hydrogens (tertiary/aromatic N) is 1. The van der Waals surface area contributed by atoms with E-state index in [0.717, 1.165) is 26.7 Å². The highest BCUT2D eigenvalue weighted by atomic mass is 32.1. The van der Waals surface area contributed by atoms with Crippen molar-refractivity contribution in [1.82, 2.24) is 15.8 Å². The van der Waals surface area contributed by atoms with E-state index in [0.29, 0.717) is 11.5 Å². The third kappa shape index (κ3) is 4.44. The van der Waals surface area contributed by atoms with Gasteiger partial charge in [0.2, 0.25) is 12.0 Å². The molecule has 1 atom stereocenters. The summed E-state index contributed by atoms with van der Waals surface area (Å²) >= 11 is 1.47. The number of hydrogen-bond acceptors (Lipinski definition) is 6. The lowest BCUT2D eigenvalue weighted by Gasteiger charge is -2.25. The molecule has 2 N–H and O–H groups in total. The molecule has 1 unspecified atom stereocenters. The molecule has 0 radical (unpaired) electrons. The van der Waals surface area contributed by atoms with Crippen LogP contribution in [0.25, 0.3) is 11.3 Å². The number of benzene rings is 2. The molecule has 154 valence electrons. The molecular formula is C22H21N3O4S. The van der Waals surface area contributed by atoms with Crippen LogP contribution in [-0.4, -0.2) is 29.5 Å². The first-order valence-corrected chi connectivity index (χ1v) is 10.3. The number of hydrogen-bond donors (Lipinski definition) is 2. The van der Waals surface area contributed by atoms with Gasteiger partial charge in [-0.05, 0) is 26.0 Å². The molecule has 3 aromatic rings. The number of amides is 2. The summed E-state index contributed by atoms with van der Waals surface area (Å²) in [6, 6.07) is 15.1. The van der Waals surface area contributed by atoms with Crippen molar-refractivity contribution in [3.05, 3.63) is 64.0 Å². The number of carbonyl (C=O) groups is 2. The van der Waals surface area contributed by atoms with Crippen LogP contribution in [0.15, 0.2) is 48.5 Å². The van der Waals surface area contributed by atoms with Gasteiger partial charge in [0.1, 0.15) is 6.61 Å². The average molecular weight is 423 g/mol. The zero-order valence-electron chi connectivity index (χ0n) is 16.6. The Bertz CT molecular complexity index is 1080. The van der Waals surface area contributed by atoms with Gasteiger partial charge in [-0.15, -0.1) is 11.3 Å². The van der Waals surface area contributed by atoms with Crippen LogP contribution in [0.1, 0.15) is 15.4 Å². The Morgan fingerprint density at radius 3 is 2.57 bits per heavy atom. The third-order valence-corrected chi connectivity index (χ3v) is 5.55. The maximum absolute atomic E-state index is 12.4. The molecular weight excluding hydrogens is 402 g/mol. The highest BCUT2D eigenvalue weighted by Crippen LogP contribution is 2.31. The van der Waals surface area contributed by atoms with Crippen LogP contribution in [-0.2, 0) is 16.0 Å². The number of para-hydroxylation sites is 2. The van der Waals surface area contributed by atoms with Crippen molar-refractivity contribution in [2.75, 3.05) is 6.61 Å². The Kier molecular flexibility index (Phi) is 5.67. The number of hydrazine groups is 1. The Hall–Kier alpha value is -3.39. The first kappa shape index (κ1) is 19.9. The third-order valence-electron chi connectivity index (χ3n) is 4.58. The molecule has 0 aliphatic carbocycles. The molecule has 0 saturated heterocycles. The Morgan fingerprint density at radius 1 is 1.07 bits per heavy atom. The minimum atomic E-state index is -0.839. The second-order valence-corrected chi connectivity index (χ2v) is 8.24. The summed E-state index contributed by atoms with van der Waals surface area (Å²) in [5.41, 5.74) is 7.78. The zero-order chi connectivity index (χ0) is 21.1. The van der Waals surface area contributed by atoms with Gasteiger partial charge in [-0.25, -0.2) is 4.98 Å². The van der Waals surface area contributed by atoms with Gasteiger partial charge in [-0.3, -0.25) is 20.4 Å². The number of aryl methyl sites for hydroxylation is 2. The van der Waals surface area contributed by atoms with Gasteiger partial charge in [0.15, 0.2) is 11.5 Å². The first-order chi connectivity index (χ1) is 14.5. The van der Waals surface area contributed by atoms with Gasteiger partial charge in [0.05, 0.1) is 17.1 Å². The summed E-state index contributed by atoms with van der Waals surface area (Å²) in [7, 11) is 0. The van der Waals surface area contributed by atoms with Crippen LogP contribution in [0.3, 0.4) is 0 Å². The van der Waals surface area contributed by atoms with E-state index in [1.54, 1.807) is 18.2 Å². The maximum atomic E-state index is 12.4. The predicted molar refractivity (Wildman–Crippen MR) is 113 cm³/mol. The van der Waals surface area contributed by atoms with Gasteiger partial charge in [0, 0.05) is 10.4 Å². The normalized spacial score (nSPS) is 14.8. The van der Waals surface area contributed by atoms with Crippen molar-refractivity contribution in [2.24, 2.45) is 0 Å². The molecule has 30 heavy (non-hydrogen) atoms. The lowest BCUT2D eigenvalue weighted by molar-refractivity contribution is -0.134. The molecule has 0 fully saturated rings. The molecule has 8 heteroatoms. The number of fused-ring (bicyclic) bond motifs is 1. The summed E-state index contributed by atoms with van der Waals surface area (Å²) in [4.78, 5) is 30.2. The first-order valence-electron chi connectivity index (χ1n) is 9.50. The van der Waals surface area contributed by atoms with E-state index in [1.807, 2.05) is 44.2 Å². The lowest BCUT2D eigenvalue weighted by atomic mass is 10.1. The van der Waals surface area contributed by atoms with Crippen LogP contribution in [0.5, 0.6) is 11.5 Å². The number of carbonyl (C=O) groups excluding carboxylic acids is 2. The quantitative estimate of drug-likeness (QED) is 0.630. The smallest absolute Gasteiger partial charge is 0.283 e. The number of ether oxygens (including phenoxy) is 2. The lowest BCUT2D eigenvalue weighted by Crippen LogP contribution is -2.51. The Balaban J connectivity index is 1.36. The van der Waals surface area contributed by atoms with Gasteiger partial charge >= 0.3 is 0 Å². The predicted octanol–water partition coefficient (Wildman–Crippen LogP) is 2.96. The van der Waals surface area contributed by atoms with Crippen molar-refractivity contribution in [2.45, 2.75) is 26.4 Å². The molecule has 1 aromatic heterocycles. The van der Waals surface area contributed by atoms with Crippen molar-refractivity contribution in [3.8, 4) is 22.8 Å². The molecule has 0 bridgehead atoms. The molecule has 4 rings (SSSR count). The molecule has 0 spiro atoms. The fourth-order valence-electron chi connectivity index (χ4n) is 3.08. The molecule has 1 aliphatic rings. The Labute approximate surface area is 178 Å². The van der Waals surface area contributed by atoms with Gasteiger partial charge in [-0.2, -0.15) is 0 Å². The summed E-state index contributed by atoms with van der Waals surface area (Å²) in [5, 5.41) is 0.879. The maximum Gasteiger partial charge on any atom is 0.283 e. The average Bonchev–Trinajstić information content (AvgIpc) is 3.12. The highest BCUT2D eigenvalue weighted by Gasteiger charge is 2.27. The number of aromatic nitrogens is 1. The van der Waals surface area contributed by atoms with E-state index >= 15 is 0 Å².